The topological polar surface area (TPSA) is 43.4 Å². The van der Waals surface area contributed by atoms with Crippen LogP contribution in [0.15, 0.2) is 84.9 Å². The summed E-state index contributed by atoms with van der Waals surface area (Å²) in [5, 5.41) is 0. The summed E-state index contributed by atoms with van der Waals surface area (Å²) in [6.07, 6.45) is 2.42. The van der Waals surface area contributed by atoms with Crippen LogP contribution >= 0.6 is 0 Å². The molecule has 0 heterocycles. The average Bonchev–Trinajstić information content (AvgIpc) is 2.72. The molecule has 3 aromatic carbocycles. The second kappa shape index (κ2) is 8.72. The Hall–Kier alpha value is -3.53. The van der Waals surface area contributed by atoms with Gasteiger partial charge in [0.05, 0.1) is 0 Å². The fourth-order valence-electron chi connectivity index (χ4n) is 2.52. The number of carbonyl (C=O) groups is 2. The van der Waals surface area contributed by atoms with Crippen molar-refractivity contribution in [2.75, 3.05) is 6.61 Å². The summed E-state index contributed by atoms with van der Waals surface area (Å²) >= 11 is 0. The van der Waals surface area contributed by atoms with Gasteiger partial charge in [-0.1, -0.05) is 72.8 Å². The molecule has 0 aromatic heterocycles. The van der Waals surface area contributed by atoms with Crippen LogP contribution in [0.5, 0.6) is 0 Å². The van der Waals surface area contributed by atoms with Crippen LogP contribution in [0.1, 0.15) is 15.9 Å². The van der Waals surface area contributed by atoms with Crippen molar-refractivity contribution in [3.63, 3.8) is 0 Å². The first kappa shape index (κ1) is 18.3. The predicted molar refractivity (Wildman–Crippen MR) is 103 cm³/mol. The van der Waals surface area contributed by atoms with E-state index in [4.69, 9.17) is 4.74 Å². The summed E-state index contributed by atoms with van der Waals surface area (Å²) in [6.45, 7) is -0.370. The Morgan fingerprint density at radius 2 is 1.44 bits per heavy atom. The molecule has 27 heavy (non-hydrogen) atoms. The van der Waals surface area contributed by atoms with E-state index in [1.54, 1.807) is 30.3 Å². The summed E-state index contributed by atoms with van der Waals surface area (Å²) < 4.78 is 18.4. The van der Waals surface area contributed by atoms with E-state index in [9.17, 15) is 14.0 Å². The molecule has 0 aliphatic heterocycles. The average molecular weight is 360 g/mol. The first-order valence-electron chi connectivity index (χ1n) is 8.41. The molecule has 0 spiro atoms. The molecule has 4 heteroatoms. The lowest BCUT2D eigenvalue weighted by atomic mass is 10.0. The maximum Gasteiger partial charge on any atom is 0.331 e. The van der Waals surface area contributed by atoms with E-state index in [1.807, 2.05) is 42.5 Å². The molecule has 0 unspecified atom stereocenters. The number of ether oxygens (including phenoxy) is 1. The van der Waals surface area contributed by atoms with Gasteiger partial charge in [0.2, 0.25) is 0 Å². The number of ketones is 1. The first-order chi connectivity index (χ1) is 13.1. The molecule has 3 nitrogen and oxygen atoms in total. The number of benzene rings is 3. The van der Waals surface area contributed by atoms with Gasteiger partial charge >= 0.3 is 5.97 Å². The lowest BCUT2D eigenvalue weighted by Gasteiger charge is -2.05. The molecular weight excluding hydrogens is 343 g/mol. The van der Waals surface area contributed by atoms with Gasteiger partial charge in [-0.15, -0.1) is 0 Å². The minimum absolute atomic E-state index is 0.275. The van der Waals surface area contributed by atoms with Crippen molar-refractivity contribution in [2.45, 2.75) is 0 Å². The van der Waals surface area contributed by atoms with Crippen molar-refractivity contribution in [2.24, 2.45) is 0 Å². The van der Waals surface area contributed by atoms with E-state index in [2.05, 4.69) is 0 Å². The zero-order valence-corrected chi connectivity index (χ0v) is 14.5. The monoisotopic (exact) mass is 360 g/mol. The summed E-state index contributed by atoms with van der Waals surface area (Å²) in [7, 11) is 0. The SMILES string of the molecule is O=C(/C=C/c1ccccc1F)OCC(=O)c1ccc(-c2ccccc2)cc1. The smallest absolute Gasteiger partial charge is 0.331 e. The molecule has 0 radical (unpaired) electrons. The highest BCUT2D eigenvalue weighted by Crippen LogP contribution is 2.19. The van der Waals surface area contributed by atoms with Crippen molar-refractivity contribution in [3.05, 3.63) is 102 Å². The second-order valence-electron chi connectivity index (χ2n) is 5.83. The number of carbonyl (C=O) groups excluding carboxylic acids is 2. The van der Waals surface area contributed by atoms with Gasteiger partial charge in [0, 0.05) is 17.2 Å². The van der Waals surface area contributed by atoms with E-state index >= 15 is 0 Å². The zero-order chi connectivity index (χ0) is 19.1. The Morgan fingerprint density at radius 3 is 2.15 bits per heavy atom. The third-order valence-electron chi connectivity index (χ3n) is 3.96. The van der Waals surface area contributed by atoms with Crippen LogP contribution in [0.25, 0.3) is 17.2 Å². The van der Waals surface area contributed by atoms with E-state index in [0.717, 1.165) is 17.2 Å². The Labute approximate surface area is 156 Å². The van der Waals surface area contributed by atoms with Gasteiger partial charge in [0.15, 0.2) is 12.4 Å². The summed E-state index contributed by atoms with van der Waals surface area (Å²) in [5.74, 6) is -1.44. The Bertz CT molecular complexity index is 960. The lowest BCUT2D eigenvalue weighted by Crippen LogP contribution is -2.12. The van der Waals surface area contributed by atoms with Crippen molar-refractivity contribution in [1.82, 2.24) is 0 Å². The lowest BCUT2D eigenvalue weighted by molar-refractivity contribution is -0.136. The molecular formula is C23H17FO3. The van der Waals surface area contributed by atoms with Crippen LogP contribution in [-0.2, 0) is 9.53 Å². The molecule has 0 saturated heterocycles. The van der Waals surface area contributed by atoms with Crippen molar-refractivity contribution >= 4 is 17.8 Å². The maximum absolute atomic E-state index is 13.5. The van der Waals surface area contributed by atoms with Crippen LogP contribution < -0.4 is 0 Å². The third kappa shape index (κ3) is 4.98. The predicted octanol–water partition coefficient (Wildman–Crippen LogP) is 4.93. The number of hydrogen-bond acceptors (Lipinski definition) is 3. The molecule has 0 atom stereocenters. The molecule has 0 aliphatic rings. The van der Waals surface area contributed by atoms with Gasteiger partial charge in [-0.05, 0) is 23.3 Å². The van der Waals surface area contributed by atoms with Crippen molar-refractivity contribution in [1.29, 1.82) is 0 Å². The molecule has 134 valence electrons. The van der Waals surface area contributed by atoms with E-state index < -0.39 is 11.8 Å². The zero-order valence-electron chi connectivity index (χ0n) is 14.5. The molecule has 0 fully saturated rings. The number of Topliss-reactive ketones (excluding diaryl/α,β-unsaturated/α-hetero) is 1. The third-order valence-corrected chi connectivity index (χ3v) is 3.96. The summed E-state index contributed by atoms with van der Waals surface area (Å²) in [5.41, 5.74) is 2.79. The van der Waals surface area contributed by atoms with Crippen LogP contribution in [0.2, 0.25) is 0 Å². The number of rotatable bonds is 6. The molecule has 0 bridgehead atoms. The van der Waals surface area contributed by atoms with Gasteiger partial charge in [0.1, 0.15) is 5.82 Å². The fraction of sp³-hybridized carbons (Fsp3) is 0.0435. The quantitative estimate of drug-likeness (QED) is 0.356. The maximum atomic E-state index is 13.5. The van der Waals surface area contributed by atoms with Gasteiger partial charge in [-0.25, -0.2) is 9.18 Å². The minimum atomic E-state index is -0.701. The highest BCUT2D eigenvalue weighted by atomic mass is 19.1. The van der Waals surface area contributed by atoms with Crippen LogP contribution in [0, 0.1) is 5.82 Å². The van der Waals surface area contributed by atoms with E-state index in [0.29, 0.717) is 5.56 Å². The molecule has 3 rings (SSSR count). The van der Waals surface area contributed by atoms with E-state index in [-0.39, 0.29) is 18.0 Å². The Morgan fingerprint density at radius 1 is 0.815 bits per heavy atom. The van der Waals surface area contributed by atoms with Gasteiger partial charge in [-0.3, -0.25) is 4.79 Å². The summed E-state index contributed by atoms with van der Waals surface area (Å²) in [4.78, 5) is 23.9. The van der Waals surface area contributed by atoms with Crippen LogP contribution in [0.3, 0.4) is 0 Å². The normalized spacial score (nSPS) is 10.7. The van der Waals surface area contributed by atoms with Crippen molar-refractivity contribution in [3.8, 4) is 11.1 Å². The summed E-state index contributed by atoms with van der Waals surface area (Å²) in [6, 6.07) is 23.0. The first-order valence-corrected chi connectivity index (χ1v) is 8.41. The molecule has 0 aliphatic carbocycles. The largest absolute Gasteiger partial charge is 0.454 e. The molecule has 0 saturated carbocycles. The minimum Gasteiger partial charge on any atom is -0.454 e. The highest BCUT2D eigenvalue weighted by molar-refractivity contribution is 5.99. The fourth-order valence-corrected chi connectivity index (χ4v) is 2.52. The molecule has 3 aromatic rings. The van der Waals surface area contributed by atoms with Crippen molar-refractivity contribution < 1.29 is 18.7 Å². The van der Waals surface area contributed by atoms with Crippen LogP contribution in [0.4, 0.5) is 4.39 Å². The van der Waals surface area contributed by atoms with Crippen LogP contribution in [-0.4, -0.2) is 18.4 Å². The Kier molecular flexibility index (Phi) is 5.90. The standard InChI is InChI=1S/C23H17FO3/c24-21-9-5-4-8-19(21)14-15-23(26)27-16-22(25)20-12-10-18(11-13-20)17-6-2-1-3-7-17/h1-15H,16H2/b15-14+. The Balaban J connectivity index is 1.56. The highest BCUT2D eigenvalue weighted by Gasteiger charge is 2.09. The number of halogens is 1. The van der Waals surface area contributed by atoms with E-state index in [1.165, 1.54) is 12.1 Å². The number of esters is 1. The molecule has 0 N–H and O–H groups in total. The van der Waals surface area contributed by atoms with Gasteiger partial charge < -0.3 is 4.74 Å². The van der Waals surface area contributed by atoms with Gasteiger partial charge in [0.25, 0.3) is 0 Å². The number of hydrogen-bond donors (Lipinski definition) is 0. The molecule has 0 amide bonds. The second-order valence-corrected chi connectivity index (χ2v) is 5.83. The van der Waals surface area contributed by atoms with Gasteiger partial charge in [-0.2, -0.15) is 0 Å².